The molecule has 3 aromatic rings. The lowest BCUT2D eigenvalue weighted by atomic mass is 10.0. The lowest BCUT2D eigenvalue weighted by Crippen LogP contribution is -2.45. The van der Waals surface area contributed by atoms with Crippen LogP contribution in [0.1, 0.15) is 23.2 Å². The van der Waals surface area contributed by atoms with Crippen LogP contribution >= 0.6 is 11.6 Å². The zero-order valence-electron chi connectivity index (χ0n) is 14.8. The zero-order valence-corrected chi connectivity index (χ0v) is 15.6. The summed E-state index contributed by atoms with van der Waals surface area (Å²) in [5.74, 6) is -1.18. The molecule has 0 saturated carbocycles. The smallest absolute Gasteiger partial charge is 0.251 e. The number of hydrogen-bond donors (Lipinski definition) is 1. The number of anilines is 1. The van der Waals surface area contributed by atoms with Crippen molar-refractivity contribution in [2.24, 2.45) is 0 Å². The van der Waals surface area contributed by atoms with E-state index in [1.807, 2.05) is 12.1 Å². The van der Waals surface area contributed by atoms with Gasteiger partial charge in [-0.15, -0.1) is 0 Å². The minimum atomic E-state index is -0.768. The maximum atomic E-state index is 13.3. The monoisotopic (exact) mass is 402 g/mol. The van der Waals surface area contributed by atoms with Gasteiger partial charge in [-0.1, -0.05) is 11.6 Å². The van der Waals surface area contributed by atoms with Crippen molar-refractivity contribution < 1.29 is 13.6 Å². The van der Waals surface area contributed by atoms with Crippen molar-refractivity contribution in [2.75, 3.05) is 18.0 Å². The van der Waals surface area contributed by atoms with Gasteiger partial charge in [-0.25, -0.2) is 18.7 Å². The number of piperidine rings is 1. The fourth-order valence-electron chi connectivity index (χ4n) is 3.46. The Morgan fingerprint density at radius 1 is 1.07 bits per heavy atom. The second kappa shape index (κ2) is 7.67. The number of benzene rings is 2. The summed E-state index contributed by atoms with van der Waals surface area (Å²) in [6.07, 6.45) is 2.91. The summed E-state index contributed by atoms with van der Waals surface area (Å²) in [5, 5.41) is 4.40. The van der Waals surface area contributed by atoms with E-state index in [4.69, 9.17) is 11.6 Å². The van der Waals surface area contributed by atoms with Crippen molar-refractivity contribution in [3.63, 3.8) is 0 Å². The molecule has 1 N–H and O–H groups in total. The molecule has 0 atom stereocenters. The van der Waals surface area contributed by atoms with Crippen molar-refractivity contribution in [2.45, 2.75) is 18.9 Å². The molecule has 8 heteroatoms. The molecule has 144 valence electrons. The Hall–Kier alpha value is -2.80. The third kappa shape index (κ3) is 3.89. The lowest BCUT2D eigenvalue weighted by molar-refractivity contribution is 0.0930. The Morgan fingerprint density at radius 2 is 1.79 bits per heavy atom. The van der Waals surface area contributed by atoms with Crippen LogP contribution in [0.15, 0.2) is 42.7 Å². The van der Waals surface area contributed by atoms with Gasteiger partial charge < -0.3 is 10.2 Å². The SMILES string of the molecule is O=C(NC1CCN(c2ncnc3cc(Cl)ccc23)CC1)c1cc(F)cc(F)c1. The third-order valence-electron chi connectivity index (χ3n) is 4.83. The molecule has 1 aliphatic heterocycles. The molecule has 1 aromatic heterocycles. The molecule has 2 aromatic carbocycles. The van der Waals surface area contributed by atoms with E-state index in [1.165, 1.54) is 6.33 Å². The van der Waals surface area contributed by atoms with Gasteiger partial charge in [-0.05, 0) is 43.2 Å². The van der Waals surface area contributed by atoms with Gasteiger partial charge in [0.2, 0.25) is 0 Å². The number of fused-ring (bicyclic) bond motifs is 1. The van der Waals surface area contributed by atoms with Gasteiger partial charge in [-0.3, -0.25) is 4.79 Å². The van der Waals surface area contributed by atoms with Gasteiger partial charge in [0.25, 0.3) is 5.91 Å². The summed E-state index contributed by atoms with van der Waals surface area (Å²) in [6.45, 7) is 1.38. The molecule has 1 amide bonds. The first-order valence-corrected chi connectivity index (χ1v) is 9.29. The molecule has 0 aliphatic carbocycles. The first kappa shape index (κ1) is 18.6. The van der Waals surface area contributed by atoms with Crippen LogP contribution in [0.5, 0.6) is 0 Å². The Bertz CT molecular complexity index is 1020. The molecular weight excluding hydrogens is 386 g/mol. The maximum Gasteiger partial charge on any atom is 0.251 e. The van der Waals surface area contributed by atoms with Crippen LogP contribution in [-0.4, -0.2) is 35.0 Å². The van der Waals surface area contributed by atoms with E-state index in [0.29, 0.717) is 31.0 Å². The highest BCUT2D eigenvalue weighted by Crippen LogP contribution is 2.27. The average Bonchev–Trinajstić information content (AvgIpc) is 2.67. The summed E-state index contributed by atoms with van der Waals surface area (Å²) in [4.78, 5) is 23.1. The highest BCUT2D eigenvalue weighted by molar-refractivity contribution is 6.31. The second-order valence-corrected chi connectivity index (χ2v) is 7.19. The van der Waals surface area contributed by atoms with E-state index in [2.05, 4.69) is 20.2 Å². The fourth-order valence-corrected chi connectivity index (χ4v) is 3.62. The molecule has 5 nitrogen and oxygen atoms in total. The van der Waals surface area contributed by atoms with Crippen molar-refractivity contribution in [1.82, 2.24) is 15.3 Å². The van der Waals surface area contributed by atoms with Gasteiger partial charge in [0, 0.05) is 41.2 Å². The van der Waals surface area contributed by atoms with Crippen molar-refractivity contribution >= 4 is 34.2 Å². The van der Waals surface area contributed by atoms with Crippen LogP contribution in [0, 0.1) is 11.6 Å². The van der Waals surface area contributed by atoms with Crippen LogP contribution in [0.4, 0.5) is 14.6 Å². The summed E-state index contributed by atoms with van der Waals surface area (Å²) in [5.41, 5.74) is 0.764. The van der Waals surface area contributed by atoms with E-state index in [9.17, 15) is 13.6 Å². The van der Waals surface area contributed by atoms with Crippen LogP contribution in [0.25, 0.3) is 10.9 Å². The van der Waals surface area contributed by atoms with Gasteiger partial charge in [0.15, 0.2) is 0 Å². The number of rotatable bonds is 3. The van der Waals surface area contributed by atoms with Crippen LogP contribution < -0.4 is 10.2 Å². The Balaban J connectivity index is 1.43. The highest BCUT2D eigenvalue weighted by atomic mass is 35.5. The van der Waals surface area contributed by atoms with Crippen molar-refractivity contribution in [1.29, 1.82) is 0 Å². The van der Waals surface area contributed by atoms with Crippen molar-refractivity contribution in [3.05, 3.63) is 64.9 Å². The zero-order chi connectivity index (χ0) is 19.7. The van der Waals surface area contributed by atoms with Crippen molar-refractivity contribution in [3.8, 4) is 0 Å². The largest absolute Gasteiger partial charge is 0.356 e. The number of carbonyl (C=O) groups excluding carboxylic acids is 1. The lowest BCUT2D eigenvalue weighted by Gasteiger charge is -2.33. The van der Waals surface area contributed by atoms with E-state index in [1.54, 1.807) is 6.07 Å². The van der Waals surface area contributed by atoms with Crippen LogP contribution in [0.2, 0.25) is 5.02 Å². The molecule has 28 heavy (non-hydrogen) atoms. The molecule has 1 saturated heterocycles. The first-order valence-electron chi connectivity index (χ1n) is 8.92. The summed E-state index contributed by atoms with van der Waals surface area (Å²) >= 11 is 6.03. The number of halogens is 3. The molecule has 0 unspecified atom stereocenters. The van der Waals surface area contributed by atoms with E-state index in [0.717, 1.165) is 34.9 Å². The predicted molar refractivity (Wildman–Crippen MR) is 104 cm³/mol. The Kier molecular flexibility index (Phi) is 5.09. The molecule has 4 rings (SSSR count). The summed E-state index contributed by atoms with van der Waals surface area (Å²) in [7, 11) is 0. The normalized spacial score (nSPS) is 15.0. The molecule has 0 spiro atoms. The predicted octanol–water partition coefficient (Wildman–Crippen LogP) is 3.96. The van der Waals surface area contributed by atoms with E-state index >= 15 is 0 Å². The number of aromatic nitrogens is 2. The van der Waals surface area contributed by atoms with Gasteiger partial charge >= 0.3 is 0 Å². The maximum absolute atomic E-state index is 13.3. The van der Waals surface area contributed by atoms with E-state index < -0.39 is 17.5 Å². The minimum absolute atomic E-state index is 0.0152. The first-order chi connectivity index (χ1) is 13.5. The third-order valence-corrected chi connectivity index (χ3v) is 5.07. The van der Waals surface area contributed by atoms with Crippen LogP contribution in [-0.2, 0) is 0 Å². The number of nitrogens with one attached hydrogen (secondary N) is 1. The number of hydrogen-bond acceptors (Lipinski definition) is 4. The van der Waals surface area contributed by atoms with Gasteiger partial charge in [0.05, 0.1) is 5.52 Å². The average molecular weight is 403 g/mol. The number of nitrogens with zero attached hydrogens (tertiary/aromatic N) is 3. The standard InChI is InChI=1S/C20H17ClF2N4O/c21-13-1-2-17-18(9-13)24-11-25-19(17)27-5-3-16(4-6-27)26-20(28)12-7-14(22)10-15(23)8-12/h1-2,7-11,16H,3-6H2,(H,26,28). The Morgan fingerprint density at radius 3 is 2.50 bits per heavy atom. The quantitative estimate of drug-likeness (QED) is 0.720. The fraction of sp³-hybridized carbons (Fsp3) is 0.250. The number of carbonyl (C=O) groups is 1. The van der Waals surface area contributed by atoms with Gasteiger partial charge in [-0.2, -0.15) is 0 Å². The Labute approximate surface area is 165 Å². The molecule has 1 fully saturated rings. The molecular formula is C20H17ClF2N4O. The molecule has 0 bridgehead atoms. The summed E-state index contributed by atoms with van der Waals surface area (Å²) < 4.78 is 26.6. The van der Waals surface area contributed by atoms with Crippen LogP contribution in [0.3, 0.4) is 0 Å². The molecule has 0 radical (unpaired) electrons. The topological polar surface area (TPSA) is 58.1 Å². The molecule has 1 aliphatic rings. The summed E-state index contributed by atoms with van der Waals surface area (Å²) in [6, 6.07) is 8.25. The van der Waals surface area contributed by atoms with Gasteiger partial charge in [0.1, 0.15) is 23.8 Å². The minimum Gasteiger partial charge on any atom is -0.356 e. The van der Waals surface area contributed by atoms with E-state index in [-0.39, 0.29) is 11.6 Å². The number of amides is 1. The molecule has 2 heterocycles. The highest BCUT2D eigenvalue weighted by Gasteiger charge is 2.23. The second-order valence-electron chi connectivity index (χ2n) is 6.75.